The third-order valence-corrected chi connectivity index (χ3v) is 3.52. The van der Waals surface area contributed by atoms with Crippen molar-refractivity contribution in [3.63, 3.8) is 0 Å². The molecule has 1 N–H and O–H groups in total. The molecule has 1 aliphatic heterocycles. The van der Waals surface area contributed by atoms with Gasteiger partial charge in [0.2, 0.25) is 0 Å². The van der Waals surface area contributed by atoms with Crippen LogP contribution in [0.2, 0.25) is 0 Å². The maximum atomic E-state index is 10.7. The minimum atomic E-state index is -0.773. The van der Waals surface area contributed by atoms with Crippen LogP contribution in [-0.2, 0) is 4.79 Å². The highest BCUT2D eigenvalue weighted by molar-refractivity contribution is 5.70. The summed E-state index contributed by atoms with van der Waals surface area (Å²) in [5.41, 5.74) is 1.96. The molecule has 0 aromatic carbocycles. The quantitative estimate of drug-likeness (QED) is 0.865. The lowest BCUT2D eigenvalue weighted by atomic mass is 10.3. The Kier molecular flexibility index (Phi) is 3.27. The zero-order chi connectivity index (χ0) is 14.1. The molecule has 0 unspecified atom stereocenters. The van der Waals surface area contributed by atoms with Gasteiger partial charge in [0.1, 0.15) is 5.52 Å². The zero-order valence-electron chi connectivity index (χ0n) is 11.4. The first-order chi connectivity index (χ1) is 9.63. The highest BCUT2D eigenvalue weighted by atomic mass is 16.4. The minimum absolute atomic E-state index is 0.108. The van der Waals surface area contributed by atoms with Crippen LogP contribution in [0.3, 0.4) is 0 Å². The first kappa shape index (κ1) is 12.9. The van der Waals surface area contributed by atoms with Crippen LogP contribution in [0, 0.1) is 6.92 Å². The van der Waals surface area contributed by atoms with Gasteiger partial charge in [0.05, 0.1) is 12.2 Å². The number of aromatic nitrogens is 3. The maximum absolute atomic E-state index is 10.7. The van der Waals surface area contributed by atoms with Crippen LogP contribution < -0.4 is 4.90 Å². The van der Waals surface area contributed by atoms with Crippen molar-refractivity contribution in [2.24, 2.45) is 0 Å². The first-order valence-corrected chi connectivity index (χ1v) is 6.63. The van der Waals surface area contributed by atoms with Crippen molar-refractivity contribution >= 4 is 17.3 Å². The van der Waals surface area contributed by atoms with E-state index in [1.54, 1.807) is 6.20 Å². The normalized spacial score (nSPS) is 16.8. The SMILES string of the molecule is Cc1cc2c(N3CCN(CC(=O)O)CC3)nccn2n1. The van der Waals surface area contributed by atoms with Gasteiger partial charge in [-0.2, -0.15) is 5.10 Å². The van der Waals surface area contributed by atoms with Crippen LogP contribution in [0.15, 0.2) is 18.5 Å². The van der Waals surface area contributed by atoms with E-state index in [4.69, 9.17) is 5.11 Å². The van der Waals surface area contributed by atoms with Gasteiger partial charge >= 0.3 is 5.97 Å². The molecule has 2 aromatic heterocycles. The van der Waals surface area contributed by atoms with Crippen LogP contribution in [0.1, 0.15) is 5.69 Å². The van der Waals surface area contributed by atoms with Gasteiger partial charge < -0.3 is 10.0 Å². The lowest BCUT2D eigenvalue weighted by Crippen LogP contribution is -2.48. The molecule has 20 heavy (non-hydrogen) atoms. The number of rotatable bonds is 3. The number of hydrogen-bond acceptors (Lipinski definition) is 5. The van der Waals surface area contributed by atoms with E-state index in [9.17, 15) is 4.79 Å². The number of anilines is 1. The monoisotopic (exact) mass is 275 g/mol. The van der Waals surface area contributed by atoms with E-state index < -0.39 is 5.97 Å². The fraction of sp³-hybridized carbons (Fsp3) is 0.462. The summed E-state index contributed by atoms with van der Waals surface area (Å²) in [7, 11) is 0. The van der Waals surface area contributed by atoms with Gasteiger partial charge in [0.15, 0.2) is 5.82 Å². The Hall–Kier alpha value is -2.15. The van der Waals surface area contributed by atoms with Crippen molar-refractivity contribution in [2.75, 3.05) is 37.6 Å². The summed E-state index contributed by atoms with van der Waals surface area (Å²) in [6, 6.07) is 2.02. The number of aryl methyl sites for hydroxylation is 1. The predicted octanol–water partition coefficient (Wildman–Crippen LogP) is 0.244. The molecule has 1 fully saturated rings. The van der Waals surface area contributed by atoms with E-state index >= 15 is 0 Å². The Labute approximate surface area is 116 Å². The molecule has 0 spiro atoms. The van der Waals surface area contributed by atoms with Gasteiger partial charge in [-0.05, 0) is 13.0 Å². The molecule has 7 heteroatoms. The predicted molar refractivity (Wildman–Crippen MR) is 74.0 cm³/mol. The molecule has 106 valence electrons. The lowest BCUT2D eigenvalue weighted by molar-refractivity contribution is -0.138. The average Bonchev–Trinajstić information content (AvgIpc) is 2.79. The molecular formula is C13H17N5O2. The number of fused-ring (bicyclic) bond motifs is 1. The van der Waals surface area contributed by atoms with E-state index in [1.807, 2.05) is 28.6 Å². The molecule has 0 saturated carbocycles. The van der Waals surface area contributed by atoms with Crippen molar-refractivity contribution in [1.29, 1.82) is 0 Å². The zero-order valence-corrected chi connectivity index (χ0v) is 11.4. The topological polar surface area (TPSA) is 74.0 Å². The number of aliphatic carboxylic acids is 1. The molecule has 0 aliphatic carbocycles. The maximum Gasteiger partial charge on any atom is 0.317 e. The number of nitrogens with zero attached hydrogens (tertiary/aromatic N) is 5. The summed E-state index contributed by atoms with van der Waals surface area (Å²) in [6.07, 6.45) is 3.59. The Bertz CT molecular complexity index is 631. The highest BCUT2D eigenvalue weighted by Gasteiger charge is 2.21. The second-order valence-electron chi connectivity index (χ2n) is 5.02. The summed E-state index contributed by atoms with van der Waals surface area (Å²) in [4.78, 5) is 19.3. The molecular weight excluding hydrogens is 258 g/mol. The second kappa shape index (κ2) is 5.09. The molecule has 0 radical (unpaired) electrons. The van der Waals surface area contributed by atoms with E-state index in [2.05, 4.69) is 15.0 Å². The third kappa shape index (κ3) is 2.44. The minimum Gasteiger partial charge on any atom is -0.480 e. The smallest absolute Gasteiger partial charge is 0.317 e. The number of carboxylic acids is 1. The largest absolute Gasteiger partial charge is 0.480 e. The van der Waals surface area contributed by atoms with Crippen LogP contribution in [-0.4, -0.2) is 63.3 Å². The molecule has 0 amide bonds. The molecule has 1 saturated heterocycles. The molecule has 7 nitrogen and oxygen atoms in total. The molecule has 3 heterocycles. The molecule has 2 aromatic rings. The Morgan fingerprint density at radius 1 is 1.35 bits per heavy atom. The number of piperazine rings is 1. The van der Waals surface area contributed by atoms with E-state index in [0.29, 0.717) is 0 Å². The fourth-order valence-corrected chi connectivity index (χ4v) is 2.58. The van der Waals surface area contributed by atoms with Gasteiger partial charge in [-0.25, -0.2) is 9.50 Å². The number of carboxylic acid groups (broad SMARTS) is 1. The van der Waals surface area contributed by atoms with Crippen molar-refractivity contribution in [1.82, 2.24) is 19.5 Å². The lowest BCUT2D eigenvalue weighted by Gasteiger charge is -2.34. The van der Waals surface area contributed by atoms with Crippen molar-refractivity contribution in [3.8, 4) is 0 Å². The summed E-state index contributed by atoms with van der Waals surface area (Å²) in [6.45, 7) is 5.11. The van der Waals surface area contributed by atoms with Gasteiger partial charge in [-0.15, -0.1) is 0 Å². The number of hydrogen-bond donors (Lipinski definition) is 1. The van der Waals surface area contributed by atoms with Crippen LogP contribution in [0.5, 0.6) is 0 Å². The fourth-order valence-electron chi connectivity index (χ4n) is 2.58. The van der Waals surface area contributed by atoms with Crippen molar-refractivity contribution < 1.29 is 9.90 Å². The van der Waals surface area contributed by atoms with Crippen LogP contribution in [0.4, 0.5) is 5.82 Å². The van der Waals surface area contributed by atoms with Gasteiger partial charge in [0.25, 0.3) is 0 Å². The van der Waals surface area contributed by atoms with E-state index in [0.717, 1.165) is 43.2 Å². The van der Waals surface area contributed by atoms with Crippen molar-refractivity contribution in [2.45, 2.75) is 6.92 Å². The first-order valence-electron chi connectivity index (χ1n) is 6.63. The molecule has 3 rings (SSSR count). The summed E-state index contributed by atoms with van der Waals surface area (Å²) < 4.78 is 1.83. The Morgan fingerprint density at radius 3 is 2.80 bits per heavy atom. The standard InChI is InChI=1S/C13H17N5O2/c1-10-8-11-13(14-2-3-18(11)15-10)17-6-4-16(5-7-17)9-12(19)20/h2-3,8H,4-7,9H2,1H3,(H,19,20). The summed E-state index contributed by atoms with van der Waals surface area (Å²) in [5.74, 6) is 0.146. The van der Waals surface area contributed by atoms with Gasteiger partial charge in [-0.1, -0.05) is 0 Å². The molecule has 1 aliphatic rings. The summed E-state index contributed by atoms with van der Waals surface area (Å²) >= 11 is 0. The third-order valence-electron chi connectivity index (χ3n) is 3.52. The Balaban J connectivity index is 1.78. The summed E-state index contributed by atoms with van der Waals surface area (Å²) in [5, 5.41) is 13.2. The van der Waals surface area contributed by atoms with Crippen LogP contribution in [0.25, 0.3) is 5.52 Å². The van der Waals surface area contributed by atoms with Gasteiger partial charge in [0, 0.05) is 38.6 Å². The average molecular weight is 275 g/mol. The Morgan fingerprint density at radius 2 is 2.10 bits per heavy atom. The molecule has 0 atom stereocenters. The van der Waals surface area contributed by atoms with Gasteiger partial charge in [-0.3, -0.25) is 9.69 Å². The second-order valence-corrected chi connectivity index (χ2v) is 5.02. The van der Waals surface area contributed by atoms with Crippen LogP contribution >= 0.6 is 0 Å². The van der Waals surface area contributed by atoms with Crippen molar-refractivity contribution in [3.05, 3.63) is 24.2 Å². The van der Waals surface area contributed by atoms with E-state index in [-0.39, 0.29) is 6.54 Å². The molecule has 0 bridgehead atoms. The highest BCUT2D eigenvalue weighted by Crippen LogP contribution is 2.20. The van der Waals surface area contributed by atoms with E-state index in [1.165, 1.54) is 0 Å². The number of carbonyl (C=O) groups is 1.